The lowest BCUT2D eigenvalue weighted by Crippen LogP contribution is -2.41. The monoisotopic (exact) mass is 362 g/mol. The Balaban J connectivity index is 1.52. The third kappa shape index (κ3) is 4.44. The highest BCUT2D eigenvalue weighted by Crippen LogP contribution is 2.32. The van der Waals surface area contributed by atoms with Gasteiger partial charge in [-0.25, -0.2) is 4.39 Å². The Hall–Kier alpha value is -1.46. The summed E-state index contributed by atoms with van der Waals surface area (Å²) in [5.74, 6) is -0.182. The second-order valence-electron chi connectivity index (χ2n) is 7.51. The Morgan fingerprint density at radius 3 is 2.69 bits per heavy atom. The number of carbonyl (C=O) groups is 1. The molecule has 144 valence electrons. The summed E-state index contributed by atoms with van der Waals surface area (Å²) in [6.07, 6.45) is 5.64. The van der Waals surface area contributed by atoms with E-state index < -0.39 is 0 Å². The first-order valence-electron chi connectivity index (χ1n) is 10.0. The van der Waals surface area contributed by atoms with Gasteiger partial charge in [0.15, 0.2) is 0 Å². The van der Waals surface area contributed by atoms with E-state index in [2.05, 4.69) is 11.8 Å². The van der Waals surface area contributed by atoms with E-state index in [4.69, 9.17) is 4.74 Å². The molecule has 2 heterocycles. The number of fused-ring (bicyclic) bond motifs is 1. The second-order valence-corrected chi connectivity index (χ2v) is 7.51. The molecule has 5 heteroatoms. The van der Waals surface area contributed by atoms with E-state index in [1.807, 2.05) is 12.1 Å². The fourth-order valence-electron chi connectivity index (χ4n) is 3.97. The standard InChI is InChI=1S/C21H31FN2O2/c1-3-15-26-18-9-13-23(14-10-18)11-4-12-24-19(25)8-7-17-6-5-16(2)20(22)21(17)24/h5-6,18H,3-4,7-15H2,1-2H3. The molecule has 2 aliphatic rings. The van der Waals surface area contributed by atoms with E-state index in [1.54, 1.807) is 11.8 Å². The van der Waals surface area contributed by atoms with E-state index in [9.17, 15) is 9.18 Å². The largest absolute Gasteiger partial charge is 0.378 e. The molecule has 1 aromatic rings. The number of rotatable bonds is 7. The van der Waals surface area contributed by atoms with Crippen molar-refractivity contribution < 1.29 is 13.9 Å². The number of hydrogen-bond acceptors (Lipinski definition) is 3. The van der Waals surface area contributed by atoms with Gasteiger partial charge in [0.05, 0.1) is 11.8 Å². The topological polar surface area (TPSA) is 32.8 Å². The molecular weight excluding hydrogens is 331 g/mol. The van der Waals surface area contributed by atoms with Crippen molar-refractivity contribution in [2.75, 3.05) is 37.7 Å². The minimum Gasteiger partial charge on any atom is -0.378 e. The predicted octanol–water partition coefficient (Wildman–Crippen LogP) is 3.69. The number of nitrogens with zero attached hydrogens (tertiary/aromatic N) is 2. The molecule has 0 radical (unpaired) electrons. The molecule has 0 aromatic heterocycles. The smallest absolute Gasteiger partial charge is 0.227 e. The molecule has 0 unspecified atom stereocenters. The van der Waals surface area contributed by atoms with Crippen LogP contribution < -0.4 is 4.90 Å². The van der Waals surface area contributed by atoms with E-state index in [-0.39, 0.29) is 11.7 Å². The van der Waals surface area contributed by atoms with Crippen LogP contribution in [-0.4, -0.2) is 49.7 Å². The summed E-state index contributed by atoms with van der Waals surface area (Å²) in [4.78, 5) is 16.5. The van der Waals surface area contributed by atoms with Crippen LogP contribution in [0.2, 0.25) is 0 Å². The molecule has 0 spiro atoms. The van der Waals surface area contributed by atoms with Crippen LogP contribution in [0.25, 0.3) is 0 Å². The Morgan fingerprint density at radius 2 is 1.96 bits per heavy atom. The molecule has 0 saturated carbocycles. The Labute approximate surface area is 156 Å². The molecule has 2 aliphatic heterocycles. The summed E-state index contributed by atoms with van der Waals surface area (Å²) >= 11 is 0. The zero-order valence-electron chi connectivity index (χ0n) is 16.1. The van der Waals surface area contributed by atoms with E-state index in [0.717, 1.165) is 57.5 Å². The van der Waals surface area contributed by atoms with Crippen LogP contribution in [0.3, 0.4) is 0 Å². The minimum absolute atomic E-state index is 0.0497. The molecule has 26 heavy (non-hydrogen) atoms. The van der Waals surface area contributed by atoms with Crippen LogP contribution in [0, 0.1) is 12.7 Å². The average Bonchev–Trinajstić information content (AvgIpc) is 2.65. The number of halogens is 1. The third-order valence-electron chi connectivity index (χ3n) is 5.52. The maximum absolute atomic E-state index is 14.6. The first kappa shape index (κ1) is 19.3. The highest BCUT2D eigenvalue weighted by atomic mass is 19.1. The minimum atomic E-state index is -0.232. The van der Waals surface area contributed by atoms with Crippen LogP contribution in [0.1, 0.15) is 50.2 Å². The first-order chi connectivity index (χ1) is 12.6. The van der Waals surface area contributed by atoms with Crippen molar-refractivity contribution in [1.82, 2.24) is 4.90 Å². The number of piperidine rings is 1. The summed E-state index contributed by atoms with van der Waals surface area (Å²) in [5.41, 5.74) is 2.09. The molecule has 1 aromatic carbocycles. The summed E-state index contributed by atoms with van der Waals surface area (Å²) in [6.45, 7) is 8.40. The molecule has 0 aliphatic carbocycles. The van der Waals surface area contributed by atoms with Crippen molar-refractivity contribution in [3.8, 4) is 0 Å². The van der Waals surface area contributed by atoms with Crippen molar-refractivity contribution in [3.63, 3.8) is 0 Å². The number of amides is 1. The SMILES string of the molecule is CCCOC1CCN(CCCN2C(=O)CCc3ccc(C)c(F)c32)CC1. The lowest BCUT2D eigenvalue weighted by molar-refractivity contribution is -0.119. The van der Waals surface area contributed by atoms with Gasteiger partial charge < -0.3 is 14.5 Å². The van der Waals surface area contributed by atoms with Gasteiger partial charge in [-0.1, -0.05) is 19.1 Å². The van der Waals surface area contributed by atoms with Crippen LogP contribution in [0.4, 0.5) is 10.1 Å². The number of aryl methyl sites for hydroxylation is 2. The third-order valence-corrected chi connectivity index (χ3v) is 5.52. The Bertz CT molecular complexity index is 627. The van der Waals surface area contributed by atoms with Crippen molar-refractivity contribution in [2.24, 2.45) is 0 Å². The van der Waals surface area contributed by atoms with Crippen LogP contribution in [0.15, 0.2) is 12.1 Å². The van der Waals surface area contributed by atoms with Gasteiger partial charge in [0.1, 0.15) is 5.82 Å². The van der Waals surface area contributed by atoms with Crippen LogP contribution >= 0.6 is 0 Å². The molecule has 0 N–H and O–H groups in total. The molecule has 1 saturated heterocycles. The van der Waals surface area contributed by atoms with Crippen molar-refractivity contribution in [3.05, 3.63) is 29.1 Å². The van der Waals surface area contributed by atoms with Crippen molar-refractivity contribution in [2.45, 2.75) is 58.5 Å². The van der Waals surface area contributed by atoms with Gasteiger partial charge in [-0.15, -0.1) is 0 Å². The van der Waals surface area contributed by atoms with Crippen molar-refractivity contribution in [1.29, 1.82) is 0 Å². The maximum Gasteiger partial charge on any atom is 0.227 e. The molecule has 0 atom stereocenters. The molecule has 4 nitrogen and oxygen atoms in total. The lowest BCUT2D eigenvalue weighted by atomic mass is 9.98. The fraction of sp³-hybridized carbons (Fsp3) is 0.667. The number of ether oxygens (including phenoxy) is 1. The van der Waals surface area contributed by atoms with Gasteiger partial charge in [0, 0.05) is 32.7 Å². The number of hydrogen-bond donors (Lipinski definition) is 0. The number of likely N-dealkylation sites (tertiary alicyclic amines) is 1. The molecule has 1 amide bonds. The molecule has 1 fully saturated rings. The Kier molecular flexibility index (Phi) is 6.65. The summed E-state index contributed by atoms with van der Waals surface area (Å²) in [6, 6.07) is 3.78. The fourth-order valence-corrected chi connectivity index (χ4v) is 3.97. The Morgan fingerprint density at radius 1 is 1.19 bits per heavy atom. The van der Waals surface area contributed by atoms with Gasteiger partial charge in [-0.05, 0) is 56.7 Å². The predicted molar refractivity (Wildman–Crippen MR) is 102 cm³/mol. The highest BCUT2D eigenvalue weighted by molar-refractivity contribution is 5.96. The van der Waals surface area contributed by atoms with Gasteiger partial charge >= 0.3 is 0 Å². The van der Waals surface area contributed by atoms with Crippen LogP contribution in [-0.2, 0) is 16.0 Å². The van der Waals surface area contributed by atoms with Crippen molar-refractivity contribution >= 4 is 11.6 Å². The first-order valence-corrected chi connectivity index (χ1v) is 10.0. The van der Waals surface area contributed by atoms with E-state index in [1.165, 1.54) is 0 Å². The molecular formula is C21H31FN2O2. The van der Waals surface area contributed by atoms with Gasteiger partial charge in [0.25, 0.3) is 0 Å². The molecule has 0 bridgehead atoms. The second kappa shape index (κ2) is 8.96. The quantitative estimate of drug-likeness (QED) is 0.742. The van der Waals surface area contributed by atoms with Gasteiger partial charge in [-0.2, -0.15) is 0 Å². The summed E-state index contributed by atoms with van der Waals surface area (Å²) in [7, 11) is 0. The van der Waals surface area contributed by atoms with Crippen LogP contribution in [0.5, 0.6) is 0 Å². The summed E-state index contributed by atoms with van der Waals surface area (Å²) in [5, 5.41) is 0. The maximum atomic E-state index is 14.6. The lowest BCUT2D eigenvalue weighted by Gasteiger charge is -2.33. The number of benzene rings is 1. The number of carbonyl (C=O) groups excluding carboxylic acids is 1. The highest BCUT2D eigenvalue weighted by Gasteiger charge is 2.28. The zero-order chi connectivity index (χ0) is 18.5. The normalized spacial score (nSPS) is 19.0. The van der Waals surface area contributed by atoms with E-state index in [0.29, 0.717) is 36.7 Å². The molecule has 3 rings (SSSR count). The van der Waals surface area contributed by atoms with Gasteiger partial charge in [-0.3, -0.25) is 4.79 Å². The van der Waals surface area contributed by atoms with E-state index >= 15 is 0 Å². The average molecular weight is 362 g/mol. The number of anilines is 1. The van der Waals surface area contributed by atoms with Gasteiger partial charge in [0.2, 0.25) is 5.91 Å². The zero-order valence-corrected chi connectivity index (χ0v) is 16.1. The summed E-state index contributed by atoms with van der Waals surface area (Å²) < 4.78 is 20.5.